The molecular formula is C15H19BrO2. The number of rotatable bonds is 5. The summed E-state index contributed by atoms with van der Waals surface area (Å²) in [5, 5.41) is 0. The lowest BCUT2D eigenvalue weighted by Gasteiger charge is -2.23. The highest BCUT2D eigenvalue weighted by Gasteiger charge is 2.14. The van der Waals surface area contributed by atoms with E-state index in [-0.39, 0.29) is 6.29 Å². The quantitative estimate of drug-likeness (QED) is 0.801. The second-order valence-electron chi connectivity index (χ2n) is 4.58. The Labute approximate surface area is 117 Å². The van der Waals surface area contributed by atoms with Gasteiger partial charge in [0.2, 0.25) is 0 Å². The molecule has 0 amide bonds. The molecule has 0 unspecified atom stereocenters. The number of benzene rings is 1. The van der Waals surface area contributed by atoms with Crippen LogP contribution < -0.4 is 4.74 Å². The normalized spacial score (nSPS) is 19.5. The molecule has 1 saturated heterocycles. The average molecular weight is 311 g/mol. The standard InChI is InChI=1S/C15H19BrO2/c1-12(16)5-6-13-7-9-14(10-8-13)18-15-4-2-3-11-17-15/h7-10,15H,1-6,11H2/t15-/m0/s1. The third kappa shape index (κ3) is 4.46. The molecule has 0 aromatic heterocycles. The van der Waals surface area contributed by atoms with Crippen molar-refractivity contribution in [2.75, 3.05) is 6.61 Å². The monoisotopic (exact) mass is 310 g/mol. The van der Waals surface area contributed by atoms with Crippen LogP contribution in [-0.4, -0.2) is 12.9 Å². The van der Waals surface area contributed by atoms with Gasteiger partial charge < -0.3 is 9.47 Å². The van der Waals surface area contributed by atoms with Crippen LogP contribution in [0.5, 0.6) is 5.75 Å². The van der Waals surface area contributed by atoms with Crippen molar-refractivity contribution in [3.8, 4) is 5.75 Å². The fraction of sp³-hybridized carbons (Fsp3) is 0.467. The zero-order chi connectivity index (χ0) is 12.8. The summed E-state index contributed by atoms with van der Waals surface area (Å²) in [6.07, 6.45) is 5.24. The molecule has 1 heterocycles. The van der Waals surface area contributed by atoms with E-state index in [4.69, 9.17) is 9.47 Å². The van der Waals surface area contributed by atoms with Gasteiger partial charge in [-0.15, -0.1) is 0 Å². The van der Waals surface area contributed by atoms with E-state index in [0.717, 1.165) is 42.5 Å². The molecule has 2 nitrogen and oxygen atoms in total. The molecule has 1 aliphatic rings. The molecule has 2 rings (SSSR count). The number of ether oxygens (including phenoxy) is 2. The second kappa shape index (κ2) is 6.95. The lowest BCUT2D eigenvalue weighted by atomic mass is 10.1. The highest BCUT2D eigenvalue weighted by Crippen LogP contribution is 2.20. The Morgan fingerprint density at radius 2 is 2.11 bits per heavy atom. The Morgan fingerprint density at radius 1 is 1.33 bits per heavy atom. The van der Waals surface area contributed by atoms with Crippen LogP contribution in [0, 0.1) is 0 Å². The van der Waals surface area contributed by atoms with Crippen molar-refractivity contribution in [2.24, 2.45) is 0 Å². The lowest BCUT2D eigenvalue weighted by Crippen LogP contribution is -2.24. The van der Waals surface area contributed by atoms with Crippen LogP contribution in [0.4, 0.5) is 0 Å². The maximum absolute atomic E-state index is 5.79. The summed E-state index contributed by atoms with van der Waals surface area (Å²) in [6, 6.07) is 8.25. The van der Waals surface area contributed by atoms with Crippen LogP contribution in [-0.2, 0) is 11.2 Å². The number of hydrogen-bond donors (Lipinski definition) is 0. The van der Waals surface area contributed by atoms with E-state index in [2.05, 4.69) is 34.6 Å². The second-order valence-corrected chi connectivity index (χ2v) is 5.70. The molecule has 0 N–H and O–H groups in total. The van der Waals surface area contributed by atoms with Gasteiger partial charge in [0.05, 0.1) is 6.61 Å². The third-order valence-corrected chi connectivity index (χ3v) is 3.41. The van der Waals surface area contributed by atoms with Gasteiger partial charge in [-0.2, -0.15) is 0 Å². The van der Waals surface area contributed by atoms with E-state index >= 15 is 0 Å². The zero-order valence-corrected chi connectivity index (χ0v) is 12.1. The van der Waals surface area contributed by atoms with Gasteiger partial charge in [0.25, 0.3) is 0 Å². The van der Waals surface area contributed by atoms with Crippen LogP contribution in [0.1, 0.15) is 31.2 Å². The van der Waals surface area contributed by atoms with Crippen LogP contribution >= 0.6 is 15.9 Å². The molecule has 0 bridgehead atoms. The van der Waals surface area contributed by atoms with E-state index in [1.807, 2.05) is 12.1 Å². The van der Waals surface area contributed by atoms with Gasteiger partial charge >= 0.3 is 0 Å². The summed E-state index contributed by atoms with van der Waals surface area (Å²) in [4.78, 5) is 0. The summed E-state index contributed by atoms with van der Waals surface area (Å²) in [5.74, 6) is 0.892. The molecular weight excluding hydrogens is 292 g/mol. The van der Waals surface area contributed by atoms with Crippen LogP contribution in [0.15, 0.2) is 35.3 Å². The molecule has 3 heteroatoms. The first kappa shape index (κ1) is 13.6. The summed E-state index contributed by atoms with van der Waals surface area (Å²) in [5.41, 5.74) is 1.30. The minimum atomic E-state index is -0.0630. The minimum absolute atomic E-state index is 0.0630. The van der Waals surface area contributed by atoms with Gasteiger partial charge in [-0.3, -0.25) is 0 Å². The fourth-order valence-electron chi connectivity index (χ4n) is 1.97. The van der Waals surface area contributed by atoms with E-state index in [9.17, 15) is 0 Å². The number of aryl methyl sites for hydroxylation is 1. The van der Waals surface area contributed by atoms with Crippen molar-refractivity contribution >= 4 is 15.9 Å². The molecule has 0 saturated carbocycles. The first-order valence-electron chi connectivity index (χ1n) is 6.44. The zero-order valence-electron chi connectivity index (χ0n) is 10.5. The van der Waals surface area contributed by atoms with Gasteiger partial charge in [0.1, 0.15) is 5.75 Å². The lowest BCUT2D eigenvalue weighted by molar-refractivity contribution is -0.105. The topological polar surface area (TPSA) is 18.5 Å². The van der Waals surface area contributed by atoms with E-state index in [0.29, 0.717) is 0 Å². The molecule has 1 aromatic rings. The molecule has 0 aliphatic carbocycles. The average Bonchev–Trinajstić information content (AvgIpc) is 2.39. The smallest absolute Gasteiger partial charge is 0.199 e. The fourth-order valence-corrected chi connectivity index (χ4v) is 2.17. The maximum Gasteiger partial charge on any atom is 0.199 e. The number of allylic oxidation sites excluding steroid dienone is 1. The predicted octanol–water partition coefficient (Wildman–Crippen LogP) is 4.43. The van der Waals surface area contributed by atoms with E-state index in [1.165, 1.54) is 12.0 Å². The van der Waals surface area contributed by atoms with Crippen molar-refractivity contribution in [3.63, 3.8) is 0 Å². The Bertz CT molecular complexity index is 380. The highest BCUT2D eigenvalue weighted by atomic mass is 79.9. The summed E-state index contributed by atoms with van der Waals surface area (Å²) < 4.78 is 12.4. The van der Waals surface area contributed by atoms with E-state index < -0.39 is 0 Å². The first-order chi connectivity index (χ1) is 8.74. The molecule has 1 fully saturated rings. The molecule has 1 aliphatic heterocycles. The van der Waals surface area contributed by atoms with Gasteiger partial charge in [-0.1, -0.05) is 34.6 Å². The van der Waals surface area contributed by atoms with Gasteiger partial charge in [0.15, 0.2) is 6.29 Å². The van der Waals surface area contributed by atoms with Gasteiger partial charge in [0, 0.05) is 6.42 Å². The van der Waals surface area contributed by atoms with Gasteiger partial charge in [-0.05, 0) is 47.9 Å². The molecule has 1 aromatic carbocycles. The van der Waals surface area contributed by atoms with Crippen LogP contribution in [0.25, 0.3) is 0 Å². The molecule has 98 valence electrons. The van der Waals surface area contributed by atoms with Crippen molar-refractivity contribution in [1.82, 2.24) is 0 Å². The Balaban J connectivity index is 1.84. The van der Waals surface area contributed by atoms with Crippen LogP contribution in [0.3, 0.4) is 0 Å². The van der Waals surface area contributed by atoms with Crippen molar-refractivity contribution in [1.29, 1.82) is 0 Å². The molecule has 0 radical (unpaired) electrons. The SMILES string of the molecule is C=C(Br)CCc1ccc(O[C@H]2CCCCO2)cc1. The maximum atomic E-state index is 5.79. The first-order valence-corrected chi connectivity index (χ1v) is 7.24. The summed E-state index contributed by atoms with van der Waals surface area (Å²) >= 11 is 3.38. The van der Waals surface area contributed by atoms with Gasteiger partial charge in [-0.25, -0.2) is 0 Å². The molecule has 1 atom stereocenters. The summed E-state index contributed by atoms with van der Waals surface area (Å²) in [6.45, 7) is 4.66. The summed E-state index contributed by atoms with van der Waals surface area (Å²) in [7, 11) is 0. The minimum Gasteiger partial charge on any atom is -0.465 e. The van der Waals surface area contributed by atoms with Crippen molar-refractivity contribution in [3.05, 3.63) is 40.9 Å². The Hall–Kier alpha value is -0.800. The number of hydrogen-bond acceptors (Lipinski definition) is 2. The largest absolute Gasteiger partial charge is 0.465 e. The number of halogens is 1. The molecule has 0 spiro atoms. The van der Waals surface area contributed by atoms with Crippen LogP contribution in [0.2, 0.25) is 0 Å². The predicted molar refractivity (Wildman–Crippen MR) is 77.0 cm³/mol. The highest BCUT2D eigenvalue weighted by molar-refractivity contribution is 9.11. The Kier molecular flexibility index (Phi) is 5.26. The molecule has 18 heavy (non-hydrogen) atoms. The van der Waals surface area contributed by atoms with Crippen molar-refractivity contribution < 1.29 is 9.47 Å². The van der Waals surface area contributed by atoms with E-state index in [1.54, 1.807) is 0 Å². The van der Waals surface area contributed by atoms with Crippen molar-refractivity contribution in [2.45, 2.75) is 38.4 Å². The third-order valence-electron chi connectivity index (χ3n) is 3.01. The Morgan fingerprint density at radius 3 is 2.72 bits per heavy atom.